The lowest BCUT2D eigenvalue weighted by molar-refractivity contribution is -0.117. The summed E-state index contributed by atoms with van der Waals surface area (Å²) >= 11 is 0. The Hall–Kier alpha value is -3.08. The number of hydrogen-bond acceptors (Lipinski definition) is 3. The van der Waals surface area contributed by atoms with Gasteiger partial charge in [-0.2, -0.15) is 0 Å². The monoisotopic (exact) mass is 296 g/mol. The van der Waals surface area contributed by atoms with Crippen LogP contribution in [-0.4, -0.2) is 16.9 Å². The van der Waals surface area contributed by atoms with Gasteiger partial charge in [-0.25, -0.2) is 0 Å². The van der Waals surface area contributed by atoms with E-state index in [9.17, 15) is 14.7 Å². The summed E-state index contributed by atoms with van der Waals surface area (Å²) in [4.78, 5) is 23.4. The van der Waals surface area contributed by atoms with Crippen molar-refractivity contribution >= 4 is 17.9 Å². The molecule has 0 aromatic heterocycles. The lowest BCUT2D eigenvalue weighted by atomic mass is 10.1. The topological polar surface area (TPSA) is 78.4 Å². The van der Waals surface area contributed by atoms with E-state index in [4.69, 9.17) is 0 Å². The highest BCUT2D eigenvalue weighted by Gasteiger charge is 2.09. The fourth-order valence-corrected chi connectivity index (χ4v) is 1.74. The van der Waals surface area contributed by atoms with Crippen molar-refractivity contribution in [2.24, 2.45) is 0 Å². The van der Waals surface area contributed by atoms with Crippen molar-refractivity contribution in [1.29, 1.82) is 0 Å². The molecule has 22 heavy (non-hydrogen) atoms. The predicted octanol–water partition coefficient (Wildman–Crippen LogP) is 2.18. The van der Waals surface area contributed by atoms with Crippen LogP contribution in [0.2, 0.25) is 0 Å². The molecule has 0 saturated carbocycles. The van der Waals surface area contributed by atoms with Gasteiger partial charge in [-0.1, -0.05) is 42.0 Å². The van der Waals surface area contributed by atoms with Crippen molar-refractivity contribution in [3.8, 4) is 5.75 Å². The van der Waals surface area contributed by atoms with Gasteiger partial charge in [0.05, 0.1) is 5.56 Å². The number of phenols is 1. The molecular formula is C17H16N2O3. The number of aryl methyl sites for hydroxylation is 1. The van der Waals surface area contributed by atoms with Crippen LogP contribution in [0.3, 0.4) is 0 Å². The normalized spacial score (nSPS) is 10.4. The number of hydrogen-bond donors (Lipinski definition) is 3. The minimum Gasteiger partial charge on any atom is -0.507 e. The summed E-state index contributed by atoms with van der Waals surface area (Å²) in [6.45, 7) is 1.98. The molecule has 2 aromatic rings. The van der Waals surface area contributed by atoms with Gasteiger partial charge in [0, 0.05) is 6.08 Å². The number of para-hydroxylation sites is 1. The van der Waals surface area contributed by atoms with Crippen LogP contribution in [0.15, 0.2) is 54.6 Å². The third-order valence-corrected chi connectivity index (χ3v) is 2.95. The highest BCUT2D eigenvalue weighted by atomic mass is 16.3. The molecule has 0 radical (unpaired) electrons. The number of benzene rings is 2. The Morgan fingerprint density at radius 2 is 1.68 bits per heavy atom. The first-order valence-corrected chi connectivity index (χ1v) is 6.69. The minimum atomic E-state index is -0.588. The van der Waals surface area contributed by atoms with E-state index in [0.717, 1.165) is 11.1 Å². The predicted molar refractivity (Wildman–Crippen MR) is 83.9 cm³/mol. The summed E-state index contributed by atoms with van der Waals surface area (Å²) in [6, 6.07) is 13.7. The van der Waals surface area contributed by atoms with Gasteiger partial charge < -0.3 is 5.11 Å². The zero-order valence-electron chi connectivity index (χ0n) is 12.0. The van der Waals surface area contributed by atoms with E-state index in [1.165, 1.54) is 18.2 Å². The molecule has 2 amide bonds. The molecule has 0 fully saturated rings. The average Bonchev–Trinajstić information content (AvgIpc) is 2.52. The van der Waals surface area contributed by atoms with E-state index in [-0.39, 0.29) is 11.3 Å². The Morgan fingerprint density at radius 3 is 2.36 bits per heavy atom. The maximum Gasteiger partial charge on any atom is 0.273 e. The van der Waals surface area contributed by atoms with Gasteiger partial charge in [0.1, 0.15) is 5.75 Å². The van der Waals surface area contributed by atoms with Gasteiger partial charge in [-0.3, -0.25) is 20.4 Å². The van der Waals surface area contributed by atoms with Crippen LogP contribution >= 0.6 is 0 Å². The second-order valence-corrected chi connectivity index (χ2v) is 4.70. The van der Waals surface area contributed by atoms with Crippen molar-refractivity contribution in [3.63, 3.8) is 0 Å². The zero-order chi connectivity index (χ0) is 15.9. The molecule has 0 spiro atoms. The Morgan fingerprint density at radius 1 is 1.00 bits per heavy atom. The fourth-order valence-electron chi connectivity index (χ4n) is 1.74. The summed E-state index contributed by atoms with van der Waals surface area (Å²) in [5.41, 5.74) is 6.59. The number of carbonyl (C=O) groups excluding carboxylic acids is 2. The molecule has 2 rings (SSSR count). The second kappa shape index (κ2) is 7.08. The highest BCUT2D eigenvalue weighted by molar-refractivity contribution is 5.99. The Kier molecular flexibility index (Phi) is 4.93. The molecule has 2 aromatic carbocycles. The van der Waals surface area contributed by atoms with Crippen LogP contribution in [0.5, 0.6) is 5.75 Å². The van der Waals surface area contributed by atoms with Crippen LogP contribution in [0.1, 0.15) is 21.5 Å². The summed E-state index contributed by atoms with van der Waals surface area (Å²) in [6.07, 6.45) is 2.96. The molecule has 5 nitrogen and oxygen atoms in total. The van der Waals surface area contributed by atoms with Crippen molar-refractivity contribution < 1.29 is 14.7 Å². The summed E-state index contributed by atoms with van der Waals surface area (Å²) < 4.78 is 0. The highest BCUT2D eigenvalue weighted by Crippen LogP contribution is 2.14. The molecule has 0 unspecified atom stereocenters. The lowest BCUT2D eigenvalue weighted by Gasteiger charge is -2.06. The van der Waals surface area contributed by atoms with Gasteiger partial charge in [-0.05, 0) is 30.7 Å². The number of rotatable bonds is 3. The van der Waals surface area contributed by atoms with E-state index in [2.05, 4.69) is 10.9 Å². The average molecular weight is 296 g/mol. The Labute approximate surface area is 128 Å². The number of amides is 2. The Bertz CT molecular complexity index is 706. The summed E-state index contributed by atoms with van der Waals surface area (Å²) in [7, 11) is 0. The van der Waals surface area contributed by atoms with Crippen LogP contribution < -0.4 is 10.9 Å². The van der Waals surface area contributed by atoms with E-state index in [0.29, 0.717) is 0 Å². The van der Waals surface area contributed by atoms with E-state index < -0.39 is 11.8 Å². The molecule has 0 aliphatic carbocycles. The molecule has 0 bridgehead atoms. The number of hydrazine groups is 1. The molecule has 112 valence electrons. The summed E-state index contributed by atoms with van der Waals surface area (Å²) in [5, 5.41) is 9.53. The molecular weight excluding hydrogens is 280 g/mol. The largest absolute Gasteiger partial charge is 0.507 e. The fraction of sp³-hybridized carbons (Fsp3) is 0.0588. The molecule has 0 heterocycles. The van der Waals surface area contributed by atoms with Crippen LogP contribution in [-0.2, 0) is 4.79 Å². The molecule has 0 aliphatic heterocycles. The van der Waals surface area contributed by atoms with Crippen molar-refractivity contribution in [2.45, 2.75) is 6.92 Å². The third kappa shape index (κ3) is 4.21. The van der Waals surface area contributed by atoms with Crippen molar-refractivity contribution in [3.05, 3.63) is 71.3 Å². The number of carbonyl (C=O) groups is 2. The zero-order valence-corrected chi connectivity index (χ0v) is 12.0. The molecule has 0 saturated heterocycles. The van der Waals surface area contributed by atoms with Gasteiger partial charge in [0.15, 0.2) is 0 Å². The van der Waals surface area contributed by atoms with Gasteiger partial charge in [-0.15, -0.1) is 0 Å². The quantitative estimate of drug-likeness (QED) is 0.600. The van der Waals surface area contributed by atoms with E-state index in [1.54, 1.807) is 18.2 Å². The molecule has 3 N–H and O–H groups in total. The van der Waals surface area contributed by atoms with Gasteiger partial charge >= 0.3 is 0 Å². The number of aromatic hydroxyl groups is 1. The van der Waals surface area contributed by atoms with Gasteiger partial charge in [0.2, 0.25) is 0 Å². The lowest BCUT2D eigenvalue weighted by Crippen LogP contribution is -2.40. The SMILES string of the molecule is Cc1ccc(C=CC(=O)NNC(=O)c2ccccc2O)cc1. The van der Waals surface area contributed by atoms with Crippen molar-refractivity contribution in [2.75, 3.05) is 0 Å². The Balaban J connectivity index is 1.89. The van der Waals surface area contributed by atoms with E-state index in [1.807, 2.05) is 31.2 Å². The van der Waals surface area contributed by atoms with Gasteiger partial charge in [0.25, 0.3) is 11.8 Å². The van der Waals surface area contributed by atoms with Crippen LogP contribution in [0.4, 0.5) is 0 Å². The first-order valence-electron chi connectivity index (χ1n) is 6.69. The minimum absolute atomic E-state index is 0.0883. The maximum absolute atomic E-state index is 11.8. The molecule has 5 heteroatoms. The molecule has 0 aliphatic rings. The summed E-state index contributed by atoms with van der Waals surface area (Å²) in [5.74, 6) is -1.20. The standard InChI is InChI=1S/C17H16N2O3/c1-12-6-8-13(9-7-12)10-11-16(21)18-19-17(22)14-4-2-3-5-15(14)20/h2-11,20H,1H3,(H,18,21)(H,19,22). The number of phenolic OH excluding ortho intramolecular Hbond substituents is 1. The smallest absolute Gasteiger partial charge is 0.273 e. The first-order chi connectivity index (χ1) is 10.6. The van der Waals surface area contributed by atoms with Crippen LogP contribution in [0, 0.1) is 6.92 Å². The second-order valence-electron chi connectivity index (χ2n) is 4.70. The molecule has 0 atom stereocenters. The van der Waals surface area contributed by atoms with Crippen LogP contribution in [0.25, 0.3) is 6.08 Å². The van der Waals surface area contributed by atoms with E-state index >= 15 is 0 Å². The maximum atomic E-state index is 11.8. The number of nitrogens with one attached hydrogen (secondary N) is 2. The third-order valence-electron chi connectivity index (χ3n) is 2.95. The first kappa shape index (κ1) is 15.3. The van der Waals surface area contributed by atoms with Crippen molar-refractivity contribution in [1.82, 2.24) is 10.9 Å².